The highest BCUT2D eigenvalue weighted by Gasteiger charge is 2.27. The third-order valence-electron chi connectivity index (χ3n) is 2.70. The third-order valence-corrected chi connectivity index (χ3v) is 3.91. The maximum Gasteiger partial charge on any atom is 0.311 e. The van der Waals surface area contributed by atoms with Gasteiger partial charge in [0.2, 0.25) is 0 Å². The van der Waals surface area contributed by atoms with Crippen molar-refractivity contribution in [3.05, 3.63) is 33.3 Å². The van der Waals surface area contributed by atoms with E-state index >= 15 is 0 Å². The zero-order valence-electron chi connectivity index (χ0n) is 10.3. The van der Waals surface area contributed by atoms with Gasteiger partial charge in [-0.25, -0.2) is 0 Å². The van der Waals surface area contributed by atoms with Crippen LogP contribution in [0.3, 0.4) is 0 Å². The molecule has 100 valence electrons. The van der Waals surface area contributed by atoms with E-state index in [1.54, 1.807) is 25.1 Å². The molecule has 1 aromatic carbocycles. The smallest absolute Gasteiger partial charge is 0.311 e. The van der Waals surface area contributed by atoms with Gasteiger partial charge in [-0.05, 0) is 47.0 Å². The highest BCUT2D eigenvalue weighted by Crippen LogP contribution is 2.31. The van der Waals surface area contributed by atoms with E-state index in [0.29, 0.717) is 28.1 Å². The van der Waals surface area contributed by atoms with Gasteiger partial charge in [0.1, 0.15) is 0 Å². The number of halogens is 2. The zero-order chi connectivity index (χ0) is 13.7. The first-order valence-electron chi connectivity index (χ1n) is 5.80. The van der Waals surface area contributed by atoms with Crippen LogP contribution in [0, 0.1) is 5.92 Å². The van der Waals surface area contributed by atoms with Gasteiger partial charge in [0.05, 0.1) is 23.7 Å². The molecule has 0 aromatic heterocycles. The van der Waals surface area contributed by atoms with Crippen LogP contribution in [0.1, 0.15) is 31.9 Å². The fourth-order valence-electron chi connectivity index (χ4n) is 1.70. The zero-order valence-corrected chi connectivity index (χ0v) is 12.7. The van der Waals surface area contributed by atoms with Gasteiger partial charge in [-0.1, -0.05) is 24.6 Å². The van der Waals surface area contributed by atoms with Crippen LogP contribution in [0.15, 0.2) is 22.7 Å². The van der Waals surface area contributed by atoms with Gasteiger partial charge in [0.15, 0.2) is 0 Å². The van der Waals surface area contributed by atoms with Crippen LogP contribution in [0.5, 0.6) is 0 Å². The number of esters is 1. The van der Waals surface area contributed by atoms with Crippen molar-refractivity contribution < 1.29 is 14.6 Å². The van der Waals surface area contributed by atoms with Crippen molar-refractivity contribution in [1.82, 2.24) is 0 Å². The van der Waals surface area contributed by atoms with E-state index in [1.165, 1.54) is 0 Å². The summed E-state index contributed by atoms with van der Waals surface area (Å²) in [4.78, 5) is 11.7. The van der Waals surface area contributed by atoms with Gasteiger partial charge in [-0.2, -0.15) is 0 Å². The Bertz CT molecular complexity index is 423. The van der Waals surface area contributed by atoms with E-state index in [2.05, 4.69) is 15.9 Å². The molecule has 1 aromatic rings. The van der Waals surface area contributed by atoms with Crippen molar-refractivity contribution >= 4 is 33.5 Å². The molecule has 5 heteroatoms. The molecule has 0 bridgehead atoms. The number of aliphatic hydroxyl groups excluding tert-OH is 1. The van der Waals surface area contributed by atoms with E-state index in [1.807, 2.05) is 6.92 Å². The molecule has 3 nitrogen and oxygen atoms in total. The van der Waals surface area contributed by atoms with Crippen LogP contribution in [-0.4, -0.2) is 17.7 Å². The number of rotatable bonds is 5. The van der Waals surface area contributed by atoms with Gasteiger partial charge in [-0.15, -0.1) is 0 Å². The average Bonchev–Trinajstić information content (AvgIpc) is 2.33. The number of benzene rings is 1. The minimum absolute atomic E-state index is 0.312. The summed E-state index contributed by atoms with van der Waals surface area (Å²) in [7, 11) is 0. The molecule has 0 fully saturated rings. The first-order valence-corrected chi connectivity index (χ1v) is 6.98. The second-order valence-corrected chi connectivity index (χ2v) is 5.15. The predicted molar refractivity (Wildman–Crippen MR) is 74.5 cm³/mol. The Kier molecular flexibility index (Phi) is 6.12. The van der Waals surface area contributed by atoms with Crippen molar-refractivity contribution in [2.45, 2.75) is 26.4 Å². The van der Waals surface area contributed by atoms with Gasteiger partial charge < -0.3 is 9.84 Å². The fourth-order valence-corrected chi connectivity index (χ4v) is 2.21. The molecule has 1 N–H and O–H groups in total. The van der Waals surface area contributed by atoms with Gasteiger partial charge >= 0.3 is 5.97 Å². The summed E-state index contributed by atoms with van der Waals surface area (Å²) in [5.41, 5.74) is 0.645. The first-order chi connectivity index (χ1) is 8.51. The van der Waals surface area contributed by atoms with Crippen LogP contribution >= 0.6 is 27.5 Å². The van der Waals surface area contributed by atoms with Crippen molar-refractivity contribution in [1.29, 1.82) is 0 Å². The molecule has 0 saturated carbocycles. The minimum atomic E-state index is -0.886. The Morgan fingerprint density at radius 2 is 2.17 bits per heavy atom. The topological polar surface area (TPSA) is 46.5 Å². The van der Waals surface area contributed by atoms with Crippen molar-refractivity contribution in [2.75, 3.05) is 6.61 Å². The monoisotopic (exact) mass is 334 g/mol. The van der Waals surface area contributed by atoms with Crippen molar-refractivity contribution in [2.24, 2.45) is 5.92 Å². The van der Waals surface area contributed by atoms with E-state index in [-0.39, 0.29) is 5.97 Å². The quantitative estimate of drug-likeness (QED) is 0.834. The highest BCUT2D eigenvalue weighted by molar-refractivity contribution is 9.10. The minimum Gasteiger partial charge on any atom is -0.466 e. The third kappa shape index (κ3) is 3.70. The molecule has 0 amide bonds. The molecule has 0 aliphatic carbocycles. The van der Waals surface area contributed by atoms with Crippen LogP contribution in [-0.2, 0) is 9.53 Å². The average molecular weight is 336 g/mol. The Morgan fingerprint density at radius 3 is 2.67 bits per heavy atom. The number of carbonyl (C=O) groups is 1. The Labute approximate surface area is 120 Å². The maximum absolute atomic E-state index is 11.7. The summed E-state index contributed by atoms with van der Waals surface area (Å²) in [6.45, 7) is 3.90. The number of carbonyl (C=O) groups excluding carboxylic acids is 1. The summed E-state index contributed by atoms with van der Waals surface area (Å²) in [5.74, 6) is -0.934. The molecule has 0 heterocycles. The van der Waals surface area contributed by atoms with Crippen molar-refractivity contribution in [3.63, 3.8) is 0 Å². The van der Waals surface area contributed by atoms with Gasteiger partial charge in [0.25, 0.3) is 0 Å². The molecular formula is C13H16BrClO3. The number of hydrogen-bond donors (Lipinski definition) is 1. The molecule has 0 aliphatic rings. The highest BCUT2D eigenvalue weighted by atomic mass is 79.9. The molecule has 0 spiro atoms. The number of ether oxygens (including phenoxy) is 1. The molecule has 0 saturated heterocycles. The normalized spacial score (nSPS) is 14.1. The first kappa shape index (κ1) is 15.5. The summed E-state index contributed by atoms with van der Waals surface area (Å²) in [6.07, 6.45) is -0.372. The maximum atomic E-state index is 11.7. The SMILES string of the molecule is CCOC(=O)C(CC)C(O)c1ccc(Cl)c(Br)c1. The number of hydrogen-bond acceptors (Lipinski definition) is 3. The molecular weight excluding hydrogens is 319 g/mol. The number of aliphatic hydroxyl groups is 1. The molecule has 0 aliphatic heterocycles. The summed E-state index contributed by atoms with van der Waals surface area (Å²) in [5, 5.41) is 10.8. The van der Waals surface area contributed by atoms with Crippen molar-refractivity contribution in [3.8, 4) is 0 Å². The standard InChI is InChI=1S/C13H16BrClO3/c1-3-9(13(17)18-4-2)12(16)8-5-6-11(15)10(14)7-8/h5-7,9,12,16H,3-4H2,1-2H3. The molecule has 1 rings (SSSR count). The van der Waals surface area contributed by atoms with E-state index < -0.39 is 12.0 Å². The largest absolute Gasteiger partial charge is 0.466 e. The van der Waals surface area contributed by atoms with E-state index in [0.717, 1.165) is 0 Å². The molecule has 2 unspecified atom stereocenters. The second-order valence-electron chi connectivity index (χ2n) is 3.89. The van der Waals surface area contributed by atoms with E-state index in [4.69, 9.17) is 16.3 Å². The summed E-state index contributed by atoms with van der Waals surface area (Å²) < 4.78 is 5.65. The molecule has 18 heavy (non-hydrogen) atoms. The Hall–Kier alpha value is -0.580. The van der Waals surface area contributed by atoms with Gasteiger partial charge in [-0.3, -0.25) is 4.79 Å². The summed E-state index contributed by atoms with van der Waals surface area (Å²) >= 11 is 9.18. The van der Waals surface area contributed by atoms with Crippen LogP contribution in [0.4, 0.5) is 0 Å². The lowest BCUT2D eigenvalue weighted by molar-refractivity contribution is -0.152. The molecule has 2 atom stereocenters. The lowest BCUT2D eigenvalue weighted by Crippen LogP contribution is -2.24. The Balaban J connectivity index is 2.92. The van der Waals surface area contributed by atoms with E-state index in [9.17, 15) is 9.90 Å². The van der Waals surface area contributed by atoms with Gasteiger partial charge in [0, 0.05) is 4.47 Å². The lowest BCUT2D eigenvalue weighted by atomic mass is 9.93. The molecule has 0 radical (unpaired) electrons. The van der Waals surface area contributed by atoms with Crippen LogP contribution < -0.4 is 0 Å². The summed E-state index contributed by atoms with van der Waals surface area (Å²) in [6, 6.07) is 5.11. The van der Waals surface area contributed by atoms with Crippen LogP contribution in [0.25, 0.3) is 0 Å². The fraction of sp³-hybridized carbons (Fsp3) is 0.462. The lowest BCUT2D eigenvalue weighted by Gasteiger charge is -2.20. The second kappa shape index (κ2) is 7.12. The van der Waals surface area contributed by atoms with Crippen LogP contribution in [0.2, 0.25) is 5.02 Å². The Morgan fingerprint density at radius 1 is 1.50 bits per heavy atom. The predicted octanol–water partition coefficient (Wildman–Crippen LogP) is 3.73.